The lowest BCUT2D eigenvalue weighted by Crippen LogP contribution is -2.18. The molecule has 2 aromatic heterocycles. The standard InChI is InChI=1S/C24H22ClN3O2/c1-16-9-8-14-28-22(16)27-21(23(28)26-15-18-10-4-3-5-11-18)19-12-6-7-13-20(19)30-24(29)17(2)25/h3-14,17,26H,15H2,1-2H3/t17-/m1/s1. The lowest BCUT2D eigenvalue weighted by atomic mass is 10.1. The van der Waals surface area contributed by atoms with Crippen LogP contribution in [0.2, 0.25) is 0 Å². The molecule has 0 fully saturated rings. The summed E-state index contributed by atoms with van der Waals surface area (Å²) in [5.74, 6) is 0.765. The fourth-order valence-electron chi connectivity index (χ4n) is 3.28. The number of nitrogens with zero attached hydrogens (tertiary/aromatic N) is 2. The van der Waals surface area contributed by atoms with Gasteiger partial charge in [-0.1, -0.05) is 48.5 Å². The number of ether oxygens (including phenoxy) is 1. The normalized spacial score (nSPS) is 12.0. The average molecular weight is 420 g/mol. The minimum absolute atomic E-state index is 0.429. The van der Waals surface area contributed by atoms with Gasteiger partial charge < -0.3 is 10.1 Å². The molecule has 0 saturated heterocycles. The number of esters is 1. The predicted octanol–water partition coefficient (Wildman–Crippen LogP) is 5.45. The van der Waals surface area contributed by atoms with Crippen LogP contribution < -0.4 is 10.1 Å². The minimum Gasteiger partial charge on any atom is -0.425 e. The second-order valence-electron chi connectivity index (χ2n) is 7.07. The molecule has 0 radical (unpaired) electrons. The van der Waals surface area contributed by atoms with Gasteiger partial charge in [-0.25, -0.2) is 4.98 Å². The van der Waals surface area contributed by atoms with E-state index in [0.717, 1.165) is 28.2 Å². The molecule has 0 aliphatic heterocycles. The van der Waals surface area contributed by atoms with Crippen molar-refractivity contribution in [3.8, 4) is 17.0 Å². The number of para-hydroxylation sites is 1. The first kappa shape index (κ1) is 20.0. The van der Waals surface area contributed by atoms with E-state index in [4.69, 9.17) is 21.3 Å². The highest BCUT2D eigenvalue weighted by molar-refractivity contribution is 6.29. The topological polar surface area (TPSA) is 55.6 Å². The van der Waals surface area contributed by atoms with E-state index in [2.05, 4.69) is 17.4 Å². The number of imidazole rings is 1. The number of anilines is 1. The van der Waals surface area contributed by atoms with Gasteiger partial charge in [0.1, 0.15) is 28.3 Å². The summed E-state index contributed by atoms with van der Waals surface area (Å²) in [6, 6.07) is 21.5. The van der Waals surface area contributed by atoms with E-state index in [1.807, 2.05) is 66.1 Å². The van der Waals surface area contributed by atoms with Crippen LogP contribution in [0.5, 0.6) is 5.75 Å². The monoisotopic (exact) mass is 419 g/mol. The van der Waals surface area contributed by atoms with Crippen molar-refractivity contribution in [1.82, 2.24) is 9.38 Å². The molecule has 2 aromatic carbocycles. The molecule has 0 unspecified atom stereocenters. The van der Waals surface area contributed by atoms with Gasteiger partial charge in [0.2, 0.25) is 0 Å². The molecule has 0 bridgehead atoms. The summed E-state index contributed by atoms with van der Waals surface area (Å²) in [6.45, 7) is 4.25. The molecule has 6 heteroatoms. The molecule has 0 aliphatic carbocycles. The van der Waals surface area contributed by atoms with Crippen LogP contribution in [0.25, 0.3) is 16.9 Å². The Morgan fingerprint density at radius 1 is 1.10 bits per heavy atom. The molecular formula is C24H22ClN3O2. The summed E-state index contributed by atoms with van der Waals surface area (Å²) in [5.41, 5.74) is 4.49. The zero-order chi connectivity index (χ0) is 21.1. The molecule has 4 rings (SSSR count). The van der Waals surface area contributed by atoms with Crippen LogP contribution >= 0.6 is 11.6 Å². The lowest BCUT2D eigenvalue weighted by molar-refractivity contribution is -0.133. The third-order valence-corrected chi connectivity index (χ3v) is 5.00. The highest BCUT2D eigenvalue weighted by atomic mass is 35.5. The maximum atomic E-state index is 12.1. The van der Waals surface area contributed by atoms with Crippen molar-refractivity contribution in [1.29, 1.82) is 0 Å². The number of hydrogen-bond donors (Lipinski definition) is 1. The van der Waals surface area contributed by atoms with Crippen LogP contribution in [0.3, 0.4) is 0 Å². The number of aromatic nitrogens is 2. The number of alkyl halides is 1. The van der Waals surface area contributed by atoms with Gasteiger partial charge in [-0.2, -0.15) is 0 Å². The van der Waals surface area contributed by atoms with Crippen LogP contribution in [0.4, 0.5) is 5.82 Å². The Kier molecular flexibility index (Phi) is 5.72. The Morgan fingerprint density at radius 3 is 2.60 bits per heavy atom. The molecule has 0 spiro atoms. The van der Waals surface area contributed by atoms with E-state index >= 15 is 0 Å². The molecule has 1 atom stereocenters. The SMILES string of the molecule is Cc1cccn2c(NCc3ccccc3)c(-c3ccccc3OC(=O)[C@@H](C)Cl)nc12. The van der Waals surface area contributed by atoms with Gasteiger partial charge in [0.05, 0.1) is 0 Å². The molecule has 4 aromatic rings. The third kappa shape index (κ3) is 4.02. The second-order valence-corrected chi connectivity index (χ2v) is 7.72. The van der Waals surface area contributed by atoms with E-state index < -0.39 is 11.3 Å². The molecule has 0 amide bonds. The number of nitrogens with one attached hydrogen (secondary N) is 1. The third-order valence-electron chi connectivity index (χ3n) is 4.83. The van der Waals surface area contributed by atoms with Crippen molar-refractivity contribution < 1.29 is 9.53 Å². The van der Waals surface area contributed by atoms with Gasteiger partial charge in [-0.15, -0.1) is 11.6 Å². The van der Waals surface area contributed by atoms with E-state index in [9.17, 15) is 4.79 Å². The largest absolute Gasteiger partial charge is 0.425 e. The number of halogens is 1. The van der Waals surface area contributed by atoms with E-state index in [-0.39, 0.29) is 0 Å². The number of fused-ring (bicyclic) bond motifs is 1. The second kappa shape index (κ2) is 8.59. The lowest BCUT2D eigenvalue weighted by Gasteiger charge is -2.12. The van der Waals surface area contributed by atoms with Crippen LogP contribution in [-0.2, 0) is 11.3 Å². The van der Waals surface area contributed by atoms with E-state index in [1.165, 1.54) is 0 Å². The first-order valence-corrected chi connectivity index (χ1v) is 10.2. The van der Waals surface area contributed by atoms with Gasteiger partial charge in [-0.3, -0.25) is 9.20 Å². The Labute approximate surface area is 180 Å². The Morgan fingerprint density at radius 2 is 1.83 bits per heavy atom. The number of carbonyl (C=O) groups is 1. The van der Waals surface area contributed by atoms with Crippen LogP contribution in [-0.4, -0.2) is 20.7 Å². The Balaban J connectivity index is 1.81. The van der Waals surface area contributed by atoms with Crippen molar-refractivity contribution in [2.24, 2.45) is 0 Å². The fraction of sp³-hybridized carbons (Fsp3) is 0.167. The van der Waals surface area contributed by atoms with E-state index in [0.29, 0.717) is 18.0 Å². The average Bonchev–Trinajstić information content (AvgIpc) is 3.13. The summed E-state index contributed by atoms with van der Waals surface area (Å²) in [6.07, 6.45) is 1.97. The van der Waals surface area contributed by atoms with Gasteiger partial charge in [0.15, 0.2) is 0 Å². The molecule has 2 heterocycles. The number of hydrogen-bond acceptors (Lipinski definition) is 4. The molecule has 152 valence electrons. The summed E-state index contributed by atoms with van der Waals surface area (Å²) >= 11 is 5.90. The quantitative estimate of drug-likeness (QED) is 0.256. The number of pyridine rings is 1. The highest BCUT2D eigenvalue weighted by Crippen LogP contribution is 2.36. The van der Waals surface area contributed by atoms with Crippen molar-refractivity contribution in [2.75, 3.05) is 5.32 Å². The van der Waals surface area contributed by atoms with Gasteiger partial charge in [-0.05, 0) is 43.2 Å². The molecule has 0 saturated carbocycles. The summed E-state index contributed by atoms with van der Waals surface area (Å²) < 4.78 is 7.58. The van der Waals surface area contributed by atoms with Gasteiger partial charge in [0, 0.05) is 18.3 Å². The fourth-order valence-corrected chi connectivity index (χ4v) is 3.33. The van der Waals surface area contributed by atoms with Crippen molar-refractivity contribution in [3.63, 3.8) is 0 Å². The maximum absolute atomic E-state index is 12.1. The number of benzene rings is 2. The van der Waals surface area contributed by atoms with Crippen molar-refractivity contribution >= 4 is 29.0 Å². The van der Waals surface area contributed by atoms with Crippen LogP contribution in [0.15, 0.2) is 72.9 Å². The van der Waals surface area contributed by atoms with Crippen LogP contribution in [0.1, 0.15) is 18.1 Å². The van der Waals surface area contributed by atoms with Gasteiger partial charge >= 0.3 is 5.97 Å². The number of aryl methyl sites for hydroxylation is 1. The predicted molar refractivity (Wildman–Crippen MR) is 120 cm³/mol. The molecule has 30 heavy (non-hydrogen) atoms. The number of carbonyl (C=O) groups excluding carboxylic acids is 1. The molecular weight excluding hydrogens is 398 g/mol. The molecule has 5 nitrogen and oxygen atoms in total. The maximum Gasteiger partial charge on any atom is 0.329 e. The van der Waals surface area contributed by atoms with Gasteiger partial charge in [0.25, 0.3) is 0 Å². The zero-order valence-electron chi connectivity index (χ0n) is 16.8. The number of rotatable bonds is 6. The Bertz CT molecular complexity index is 1190. The van der Waals surface area contributed by atoms with Crippen molar-refractivity contribution in [3.05, 3.63) is 84.1 Å². The highest BCUT2D eigenvalue weighted by Gasteiger charge is 2.21. The van der Waals surface area contributed by atoms with Crippen molar-refractivity contribution in [2.45, 2.75) is 25.8 Å². The minimum atomic E-state index is -0.739. The summed E-state index contributed by atoms with van der Waals surface area (Å²) in [4.78, 5) is 17.0. The van der Waals surface area contributed by atoms with E-state index in [1.54, 1.807) is 13.0 Å². The molecule has 0 aliphatic rings. The summed E-state index contributed by atoms with van der Waals surface area (Å²) in [5, 5.41) is 2.78. The smallest absolute Gasteiger partial charge is 0.329 e. The summed E-state index contributed by atoms with van der Waals surface area (Å²) in [7, 11) is 0. The van der Waals surface area contributed by atoms with Crippen LogP contribution in [0, 0.1) is 6.92 Å². The first-order valence-electron chi connectivity index (χ1n) is 9.75. The molecule has 1 N–H and O–H groups in total. The Hall–Kier alpha value is -3.31. The first-order chi connectivity index (χ1) is 14.5. The zero-order valence-corrected chi connectivity index (χ0v) is 17.6.